The second kappa shape index (κ2) is 4.85. The Morgan fingerprint density at radius 1 is 1.53 bits per heavy atom. The molecule has 0 aromatic heterocycles. The summed E-state index contributed by atoms with van der Waals surface area (Å²) in [6.07, 6.45) is 1.96. The molecule has 2 aliphatic rings. The van der Waals surface area contributed by atoms with Gasteiger partial charge in [0, 0.05) is 24.3 Å². The number of likely N-dealkylation sites (tertiary alicyclic amines) is 1. The fourth-order valence-corrected chi connectivity index (χ4v) is 3.14. The average molecular weight is 260 g/mol. The Labute approximate surface area is 113 Å². The van der Waals surface area contributed by atoms with E-state index < -0.39 is 0 Å². The standard InChI is InChI=1S/C15H20N2O2/c1-10-5-7-17(14(10)9-18)15(19)12-2-3-13-11(8-12)4-6-16-13/h2-3,8,10,14,16,18H,4-7,9H2,1H3. The molecule has 4 nitrogen and oxygen atoms in total. The van der Waals surface area contributed by atoms with E-state index >= 15 is 0 Å². The number of nitrogens with zero attached hydrogens (tertiary/aromatic N) is 1. The lowest BCUT2D eigenvalue weighted by Crippen LogP contribution is -2.39. The lowest BCUT2D eigenvalue weighted by atomic mass is 10.0. The Morgan fingerprint density at radius 2 is 2.37 bits per heavy atom. The third kappa shape index (κ3) is 2.10. The molecule has 0 spiro atoms. The normalized spacial score (nSPS) is 25.3. The number of carbonyl (C=O) groups excluding carboxylic acids is 1. The first kappa shape index (κ1) is 12.5. The van der Waals surface area contributed by atoms with Crippen molar-refractivity contribution in [2.45, 2.75) is 25.8 Å². The molecule has 19 heavy (non-hydrogen) atoms. The maximum atomic E-state index is 12.6. The van der Waals surface area contributed by atoms with Crippen LogP contribution in [0.2, 0.25) is 0 Å². The summed E-state index contributed by atoms with van der Waals surface area (Å²) in [5, 5.41) is 12.8. The van der Waals surface area contributed by atoms with Crippen molar-refractivity contribution in [3.05, 3.63) is 29.3 Å². The largest absolute Gasteiger partial charge is 0.394 e. The zero-order chi connectivity index (χ0) is 13.4. The molecule has 1 aromatic carbocycles. The number of anilines is 1. The number of rotatable bonds is 2. The van der Waals surface area contributed by atoms with Gasteiger partial charge in [-0.2, -0.15) is 0 Å². The van der Waals surface area contributed by atoms with Crippen LogP contribution in [0, 0.1) is 5.92 Å². The molecule has 1 fully saturated rings. The molecule has 2 aliphatic heterocycles. The number of carbonyl (C=O) groups is 1. The Hall–Kier alpha value is -1.55. The minimum Gasteiger partial charge on any atom is -0.394 e. The molecule has 0 bridgehead atoms. The van der Waals surface area contributed by atoms with Gasteiger partial charge < -0.3 is 15.3 Å². The van der Waals surface area contributed by atoms with Crippen LogP contribution in [-0.2, 0) is 6.42 Å². The van der Waals surface area contributed by atoms with E-state index in [2.05, 4.69) is 12.2 Å². The predicted octanol–water partition coefficient (Wildman–Crippen LogP) is 1.50. The minimum absolute atomic E-state index is 0.0288. The molecule has 1 aromatic rings. The molecule has 1 amide bonds. The zero-order valence-electron chi connectivity index (χ0n) is 11.2. The van der Waals surface area contributed by atoms with Crippen molar-refractivity contribution < 1.29 is 9.90 Å². The lowest BCUT2D eigenvalue weighted by molar-refractivity contribution is 0.0648. The van der Waals surface area contributed by atoms with E-state index in [0.717, 1.165) is 37.2 Å². The maximum absolute atomic E-state index is 12.6. The molecule has 1 saturated heterocycles. The molecular formula is C15H20N2O2. The van der Waals surface area contributed by atoms with Gasteiger partial charge in [-0.15, -0.1) is 0 Å². The van der Waals surface area contributed by atoms with Gasteiger partial charge in [0.05, 0.1) is 12.6 Å². The molecule has 102 valence electrons. The summed E-state index contributed by atoms with van der Waals surface area (Å²) in [5.74, 6) is 0.433. The van der Waals surface area contributed by atoms with Crippen molar-refractivity contribution in [1.29, 1.82) is 0 Å². The molecule has 2 heterocycles. The number of aliphatic hydroxyl groups excluding tert-OH is 1. The molecule has 0 saturated carbocycles. The van der Waals surface area contributed by atoms with E-state index in [1.54, 1.807) is 0 Å². The average Bonchev–Trinajstić information content (AvgIpc) is 3.02. The molecular weight excluding hydrogens is 240 g/mol. The summed E-state index contributed by atoms with van der Waals surface area (Å²) in [7, 11) is 0. The molecule has 4 heteroatoms. The Balaban J connectivity index is 1.84. The van der Waals surface area contributed by atoms with Crippen molar-refractivity contribution in [1.82, 2.24) is 4.90 Å². The van der Waals surface area contributed by atoms with Crippen LogP contribution in [-0.4, -0.2) is 41.7 Å². The fraction of sp³-hybridized carbons (Fsp3) is 0.533. The molecule has 2 unspecified atom stereocenters. The Bertz CT molecular complexity index is 501. The number of aliphatic hydroxyl groups is 1. The second-order valence-electron chi connectivity index (χ2n) is 5.56. The maximum Gasteiger partial charge on any atom is 0.254 e. The van der Waals surface area contributed by atoms with Gasteiger partial charge in [-0.3, -0.25) is 4.79 Å². The van der Waals surface area contributed by atoms with Crippen LogP contribution in [0.25, 0.3) is 0 Å². The van der Waals surface area contributed by atoms with Crippen LogP contribution < -0.4 is 5.32 Å². The topological polar surface area (TPSA) is 52.6 Å². The van der Waals surface area contributed by atoms with Crippen LogP contribution in [0.1, 0.15) is 29.3 Å². The van der Waals surface area contributed by atoms with E-state index in [0.29, 0.717) is 5.92 Å². The first-order chi connectivity index (χ1) is 9.20. The number of hydrogen-bond acceptors (Lipinski definition) is 3. The van der Waals surface area contributed by atoms with E-state index in [1.165, 1.54) is 5.56 Å². The predicted molar refractivity (Wildman–Crippen MR) is 74.3 cm³/mol. The summed E-state index contributed by atoms with van der Waals surface area (Å²) in [5.41, 5.74) is 3.11. The smallest absolute Gasteiger partial charge is 0.254 e. The van der Waals surface area contributed by atoms with Gasteiger partial charge in [-0.05, 0) is 42.5 Å². The summed E-state index contributed by atoms with van der Waals surface area (Å²) >= 11 is 0. The van der Waals surface area contributed by atoms with Crippen molar-refractivity contribution in [3.8, 4) is 0 Å². The van der Waals surface area contributed by atoms with E-state index in [4.69, 9.17) is 0 Å². The Kier molecular flexibility index (Phi) is 3.19. The molecule has 3 rings (SSSR count). The van der Waals surface area contributed by atoms with E-state index in [-0.39, 0.29) is 18.6 Å². The van der Waals surface area contributed by atoms with Gasteiger partial charge in [-0.25, -0.2) is 0 Å². The van der Waals surface area contributed by atoms with Crippen LogP contribution in [0.3, 0.4) is 0 Å². The number of hydrogen-bond donors (Lipinski definition) is 2. The van der Waals surface area contributed by atoms with Crippen molar-refractivity contribution in [2.24, 2.45) is 5.92 Å². The van der Waals surface area contributed by atoms with Crippen LogP contribution in [0.15, 0.2) is 18.2 Å². The Morgan fingerprint density at radius 3 is 3.16 bits per heavy atom. The SMILES string of the molecule is CC1CCN(C(=O)c2ccc3c(c2)CCN3)C1CO. The van der Waals surface area contributed by atoms with E-state index in [1.807, 2.05) is 23.1 Å². The monoisotopic (exact) mass is 260 g/mol. The highest BCUT2D eigenvalue weighted by atomic mass is 16.3. The molecule has 0 radical (unpaired) electrons. The summed E-state index contributed by atoms with van der Waals surface area (Å²) < 4.78 is 0. The van der Waals surface area contributed by atoms with Gasteiger partial charge in [0.2, 0.25) is 0 Å². The molecule has 0 aliphatic carbocycles. The van der Waals surface area contributed by atoms with Crippen molar-refractivity contribution in [3.63, 3.8) is 0 Å². The van der Waals surface area contributed by atoms with Gasteiger partial charge in [-0.1, -0.05) is 6.92 Å². The van der Waals surface area contributed by atoms with Crippen LogP contribution >= 0.6 is 0 Å². The minimum atomic E-state index is -0.0288. The summed E-state index contributed by atoms with van der Waals surface area (Å²) in [6.45, 7) is 3.85. The molecule has 2 atom stereocenters. The number of fused-ring (bicyclic) bond motifs is 1. The number of benzene rings is 1. The number of nitrogens with one attached hydrogen (secondary N) is 1. The van der Waals surface area contributed by atoms with Crippen LogP contribution in [0.4, 0.5) is 5.69 Å². The van der Waals surface area contributed by atoms with Crippen molar-refractivity contribution in [2.75, 3.05) is 25.0 Å². The van der Waals surface area contributed by atoms with Gasteiger partial charge in [0.15, 0.2) is 0 Å². The third-order valence-electron chi connectivity index (χ3n) is 4.39. The first-order valence-electron chi connectivity index (χ1n) is 6.99. The number of amides is 1. The lowest BCUT2D eigenvalue weighted by Gasteiger charge is -2.25. The third-order valence-corrected chi connectivity index (χ3v) is 4.39. The highest BCUT2D eigenvalue weighted by Crippen LogP contribution is 2.28. The van der Waals surface area contributed by atoms with Crippen molar-refractivity contribution >= 4 is 11.6 Å². The quantitative estimate of drug-likeness (QED) is 0.847. The van der Waals surface area contributed by atoms with Gasteiger partial charge >= 0.3 is 0 Å². The van der Waals surface area contributed by atoms with Gasteiger partial charge in [0.1, 0.15) is 0 Å². The van der Waals surface area contributed by atoms with E-state index in [9.17, 15) is 9.90 Å². The fourth-order valence-electron chi connectivity index (χ4n) is 3.14. The molecule has 2 N–H and O–H groups in total. The first-order valence-corrected chi connectivity index (χ1v) is 6.99. The highest BCUT2D eigenvalue weighted by molar-refractivity contribution is 5.95. The zero-order valence-corrected chi connectivity index (χ0v) is 11.2. The highest BCUT2D eigenvalue weighted by Gasteiger charge is 2.34. The second-order valence-corrected chi connectivity index (χ2v) is 5.56. The summed E-state index contributed by atoms with van der Waals surface area (Å²) in [6, 6.07) is 5.84. The van der Waals surface area contributed by atoms with Crippen LogP contribution in [0.5, 0.6) is 0 Å². The van der Waals surface area contributed by atoms with Gasteiger partial charge in [0.25, 0.3) is 5.91 Å². The summed E-state index contributed by atoms with van der Waals surface area (Å²) in [4.78, 5) is 14.4.